The number of halogens is 1. The zero-order valence-electron chi connectivity index (χ0n) is 32.9. The summed E-state index contributed by atoms with van der Waals surface area (Å²) < 4.78 is 5.02. The van der Waals surface area contributed by atoms with Crippen molar-refractivity contribution in [3.05, 3.63) is 190 Å². The molecule has 0 saturated heterocycles. The van der Waals surface area contributed by atoms with Gasteiger partial charge in [0.1, 0.15) is 5.75 Å². The van der Waals surface area contributed by atoms with Gasteiger partial charge in [-0.3, -0.25) is 14.4 Å². The third-order valence-corrected chi connectivity index (χ3v) is 8.19. The van der Waals surface area contributed by atoms with E-state index in [1.165, 1.54) is 48.5 Å². The molecule has 6 aromatic rings. The van der Waals surface area contributed by atoms with E-state index in [0.29, 0.717) is 44.5 Å². The number of nitrogens with one attached hydrogen (secondary N) is 3. The molecule has 6 N–H and O–H groups in total. The number of carboxylic acid groups (broad SMARTS) is 3. The Morgan fingerprint density at radius 2 is 0.689 bits per heavy atom. The number of methoxy groups -OCH3 is 1. The van der Waals surface area contributed by atoms with E-state index in [9.17, 15) is 28.8 Å². The van der Waals surface area contributed by atoms with Crippen molar-refractivity contribution in [2.45, 2.75) is 14.4 Å². The Morgan fingerprint density at radius 3 is 0.951 bits per heavy atom. The Bertz CT molecular complexity index is 2270. The van der Waals surface area contributed by atoms with Crippen LogP contribution in [0.4, 0.5) is 17.1 Å². The Hall–Kier alpha value is -6.17. The quantitative estimate of drug-likeness (QED) is 0.111. The smallest absolute Gasteiger partial charge is 0.497 e. The van der Waals surface area contributed by atoms with Gasteiger partial charge in [0.05, 0.1) is 23.8 Å². The SMILES string of the molecule is C.COc1ccc(C(=O)Nc2ccc(C(=O)O)cc2)cc1.Cc1ccc(C(=O)Nc2ccc(C(=O)O)cc2)cc1.O=C(O)c1ccc(NC(=O)c2ccc(Cl)cc2)cc1.[Li+].[Na+]. The van der Waals surface area contributed by atoms with Gasteiger partial charge >= 0.3 is 66.3 Å². The van der Waals surface area contributed by atoms with E-state index in [1.54, 1.807) is 92.0 Å². The van der Waals surface area contributed by atoms with Crippen LogP contribution in [0, 0.1) is 6.92 Å². The summed E-state index contributed by atoms with van der Waals surface area (Å²) in [5, 5.41) is 34.9. The molecule has 0 aromatic heterocycles. The molecule has 0 atom stereocenters. The van der Waals surface area contributed by atoms with Gasteiger partial charge in [-0.1, -0.05) is 36.7 Å². The summed E-state index contributed by atoms with van der Waals surface area (Å²) in [4.78, 5) is 67.9. The molecule has 0 aliphatic carbocycles. The van der Waals surface area contributed by atoms with Gasteiger partial charge < -0.3 is 36.0 Å². The molecule has 0 saturated carbocycles. The number of aryl methyl sites for hydroxylation is 1. The molecule has 6 aromatic carbocycles. The monoisotopic (exact) mass is 847 g/mol. The Labute approximate surface area is 391 Å². The number of aromatic carboxylic acids is 3. The summed E-state index contributed by atoms with van der Waals surface area (Å²) in [5.41, 5.74) is 4.79. The van der Waals surface area contributed by atoms with Gasteiger partial charge in [-0.05, 0) is 140 Å². The second kappa shape index (κ2) is 26.1. The number of carboxylic acids is 3. The molecule has 0 aliphatic heterocycles. The van der Waals surface area contributed by atoms with Crippen LogP contribution in [-0.4, -0.2) is 58.1 Å². The van der Waals surface area contributed by atoms with Crippen LogP contribution in [0.5, 0.6) is 5.75 Å². The van der Waals surface area contributed by atoms with Crippen molar-refractivity contribution in [1.82, 2.24) is 0 Å². The van der Waals surface area contributed by atoms with Crippen LogP contribution in [0.25, 0.3) is 0 Å². The van der Waals surface area contributed by atoms with Gasteiger partial charge in [-0.25, -0.2) is 14.4 Å². The summed E-state index contributed by atoms with van der Waals surface area (Å²) >= 11 is 5.74. The zero-order chi connectivity index (χ0) is 42.2. The number of hydrogen-bond donors (Lipinski definition) is 6. The second-order valence-electron chi connectivity index (χ2n) is 12.1. The molecule has 16 heteroatoms. The molecule has 3 amide bonds. The van der Waals surface area contributed by atoms with Gasteiger partial charge in [0.15, 0.2) is 0 Å². The first-order chi connectivity index (χ1) is 27.7. The van der Waals surface area contributed by atoms with Crippen molar-refractivity contribution in [3.63, 3.8) is 0 Å². The molecule has 6 rings (SSSR count). The van der Waals surface area contributed by atoms with E-state index >= 15 is 0 Å². The first kappa shape index (κ1) is 52.8. The Morgan fingerprint density at radius 1 is 0.443 bits per heavy atom. The second-order valence-corrected chi connectivity index (χ2v) is 12.5. The molecule has 0 fully saturated rings. The van der Waals surface area contributed by atoms with Crippen molar-refractivity contribution >= 4 is 64.3 Å². The molecule has 0 unspecified atom stereocenters. The van der Waals surface area contributed by atoms with E-state index in [4.69, 9.17) is 31.7 Å². The van der Waals surface area contributed by atoms with Crippen molar-refractivity contribution in [2.24, 2.45) is 0 Å². The van der Waals surface area contributed by atoms with Gasteiger partial charge in [-0.2, -0.15) is 0 Å². The molecule has 302 valence electrons. The zero-order valence-corrected chi connectivity index (χ0v) is 35.7. The van der Waals surface area contributed by atoms with Gasteiger partial charge in [0, 0.05) is 38.8 Å². The van der Waals surface area contributed by atoms with E-state index in [0.717, 1.165) is 5.56 Å². The van der Waals surface area contributed by atoms with Gasteiger partial charge in [-0.15, -0.1) is 0 Å². The Balaban J connectivity index is 0.000000447. The fraction of sp³-hybridized carbons (Fsp3) is 0.0667. The number of rotatable bonds is 10. The van der Waals surface area contributed by atoms with Gasteiger partial charge in [0.25, 0.3) is 17.7 Å². The predicted molar refractivity (Wildman–Crippen MR) is 226 cm³/mol. The average molecular weight is 848 g/mol. The maximum Gasteiger partial charge on any atom is 1.00 e. The van der Waals surface area contributed by atoms with E-state index < -0.39 is 17.9 Å². The molecule has 0 radical (unpaired) electrons. The minimum absolute atomic E-state index is 0. The number of hydrogen-bond acceptors (Lipinski definition) is 7. The molecule has 0 spiro atoms. The topological polar surface area (TPSA) is 208 Å². The van der Waals surface area contributed by atoms with Crippen LogP contribution in [-0.2, 0) is 0 Å². The third-order valence-electron chi connectivity index (χ3n) is 7.94. The van der Waals surface area contributed by atoms with E-state index in [1.807, 2.05) is 19.1 Å². The largest absolute Gasteiger partial charge is 1.00 e. The summed E-state index contributed by atoms with van der Waals surface area (Å²) in [6.07, 6.45) is 0. The van der Waals surface area contributed by atoms with Crippen molar-refractivity contribution in [2.75, 3.05) is 23.1 Å². The normalized spacial score (nSPS) is 9.43. The summed E-state index contributed by atoms with van der Waals surface area (Å²) in [6, 6.07) is 38.3. The fourth-order valence-corrected chi connectivity index (χ4v) is 4.87. The first-order valence-corrected chi connectivity index (χ1v) is 17.5. The molecule has 13 nitrogen and oxygen atoms in total. The molecule has 0 heterocycles. The van der Waals surface area contributed by atoms with Crippen molar-refractivity contribution < 1.29 is 97.2 Å². The van der Waals surface area contributed by atoms with Gasteiger partial charge in [0.2, 0.25) is 0 Å². The number of carbonyl (C=O) groups excluding carboxylic acids is 3. The van der Waals surface area contributed by atoms with Crippen molar-refractivity contribution in [1.29, 1.82) is 0 Å². The number of amides is 3. The minimum Gasteiger partial charge on any atom is -0.497 e. The predicted octanol–water partition coefficient (Wildman–Crippen LogP) is 3.53. The van der Waals surface area contributed by atoms with Crippen molar-refractivity contribution in [3.8, 4) is 5.75 Å². The van der Waals surface area contributed by atoms with Crippen LogP contribution in [0.3, 0.4) is 0 Å². The fourth-order valence-electron chi connectivity index (χ4n) is 4.75. The standard InChI is InChI=1S/C15H13NO4.C15H13NO3.C14H10ClNO3.CH4.Li.Na/c1-20-13-8-4-10(5-9-13)14(17)16-12-6-2-11(3-7-12)15(18)19;1-10-2-4-11(5-3-10)14(17)16-13-8-6-12(7-9-13)15(18)19;15-11-5-1-9(2-6-11)13(17)16-12-7-3-10(4-8-12)14(18)19;;;/h2-9H,1H3,(H,16,17)(H,18,19);2-9H,1H3,(H,16,17)(H,18,19);1-8H,(H,16,17)(H,18,19);1H4;;/q;;;;2*+1. The summed E-state index contributed by atoms with van der Waals surface area (Å²) in [7, 11) is 1.55. The molecule has 0 aliphatic rings. The van der Waals surface area contributed by atoms with Crippen LogP contribution in [0.15, 0.2) is 146 Å². The number of anilines is 3. The van der Waals surface area contributed by atoms with Crippen LogP contribution >= 0.6 is 11.6 Å². The first-order valence-electron chi connectivity index (χ1n) is 17.1. The molecule has 61 heavy (non-hydrogen) atoms. The molecular formula is C45H40ClLiN3NaO10+2. The Kier molecular flexibility index (Phi) is 22.6. The van der Waals surface area contributed by atoms with E-state index in [-0.39, 0.29) is 90.3 Å². The third kappa shape index (κ3) is 17.1. The summed E-state index contributed by atoms with van der Waals surface area (Å²) in [6.45, 7) is 1.95. The average Bonchev–Trinajstić information content (AvgIpc) is 3.22. The van der Waals surface area contributed by atoms with Crippen LogP contribution in [0.2, 0.25) is 5.02 Å². The molecular weight excluding hydrogens is 808 g/mol. The van der Waals surface area contributed by atoms with E-state index in [2.05, 4.69) is 16.0 Å². The number of benzene rings is 6. The summed E-state index contributed by atoms with van der Waals surface area (Å²) in [5.74, 6) is -3.09. The number of ether oxygens (including phenoxy) is 1. The number of carbonyl (C=O) groups is 6. The van der Waals surface area contributed by atoms with Crippen LogP contribution in [0.1, 0.15) is 75.1 Å². The maximum absolute atomic E-state index is 12.0. The molecule has 0 bridgehead atoms. The maximum atomic E-state index is 12.0. The minimum atomic E-state index is -1.00. The van der Waals surface area contributed by atoms with Crippen LogP contribution < -0.4 is 69.1 Å².